The summed E-state index contributed by atoms with van der Waals surface area (Å²) >= 11 is 0. The van der Waals surface area contributed by atoms with Crippen molar-refractivity contribution < 1.29 is 8.78 Å². The molecule has 1 aliphatic rings. The summed E-state index contributed by atoms with van der Waals surface area (Å²) in [5.74, 6) is -2.56. The maximum atomic E-state index is 12.8. The normalized spacial score (nSPS) is 25.6. The fourth-order valence-corrected chi connectivity index (χ4v) is 1.44. The lowest BCUT2D eigenvalue weighted by Crippen LogP contribution is -2.39. The minimum atomic E-state index is -2.56. The molecule has 1 fully saturated rings. The molecule has 1 heterocycles. The highest BCUT2D eigenvalue weighted by Crippen LogP contribution is 2.27. The van der Waals surface area contributed by atoms with E-state index in [9.17, 15) is 8.78 Å². The standard InChI is InChI=1S/C9H15F2N3/c1-8(13,6-12)2-4-14-5-3-9(10,11)7-14/h2-5,7,13H2,1H3. The van der Waals surface area contributed by atoms with Gasteiger partial charge in [0.15, 0.2) is 0 Å². The van der Waals surface area contributed by atoms with E-state index in [4.69, 9.17) is 11.0 Å². The summed E-state index contributed by atoms with van der Waals surface area (Å²) in [7, 11) is 0. The summed E-state index contributed by atoms with van der Waals surface area (Å²) < 4.78 is 25.5. The quantitative estimate of drug-likeness (QED) is 0.743. The number of nitrogens with zero attached hydrogens (tertiary/aromatic N) is 2. The minimum Gasteiger partial charge on any atom is -0.314 e. The van der Waals surface area contributed by atoms with Gasteiger partial charge in [-0.1, -0.05) is 0 Å². The number of hydrogen-bond donors (Lipinski definition) is 1. The van der Waals surface area contributed by atoms with E-state index in [0.29, 0.717) is 19.5 Å². The number of nitrogens with two attached hydrogens (primary N) is 1. The van der Waals surface area contributed by atoms with Gasteiger partial charge < -0.3 is 5.73 Å². The molecule has 1 aliphatic heterocycles. The maximum absolute atomic E-state index is 12.8. The summed E-state index contributed by atoms with van der Waals surface area (Å²) in [6.07, 6.45) is 0.348. The molecule has 0 aromatic carbocycles. The molecule has 0 aromatic heterocycles. The second-order valence-corrected chi connectivity index (χ2v) is 4.16. The Kier molecular flexibility index (Phi) is 3.07. The van der Waals surface area contributed by atoms with Gasteiger partial charge in [-0.25, -0.2) is 8.78 Å². The fourth-order valence-electron chi connectivity index (χ4n) is 1.44. The summed E-state index contributed by atoms with van der Waals surface area (Å²) in [5.41, 5.74) is 4.68. The molecule has 0 saturated carbocycles. The van der Waals surface area contributed by atoms with Crippen LogP contribution in [0.1, 0.15) is 19.8 Å². The van der Waals surface area contributed by atoms with Crippen molar-refractivity contribution in [2.24, 2.45) is 5.73 Å². The Balaban J connectivity index is 2.32. The molecule has 1 saturated heterocycles. The second kappa shape index (κ2) is 3.79. The molecule has 0 bridgehead atoms. The summed E-state index contributed by atoms with van der Waals surface area (Å²) in [6.45, 7) is 2.28. The van der Waals surface area contributed by atoms with Crippen LogP contribution < -0.4 is 5.73 Å². The van der Waals surface area contributed by atoms with Crippen LogP contribution in [0, 0.1) is 11.3 Å². The molecule has 1 unspecified atom stereocenters. The van der Waals surface area contributed by atoms with E-state index >= 15 is 0 Å². The zero-order chi connectivity index (χ0) is 10.8. The topological polar surface area (TPSA) is 53.1 Å². The molecule has 5 heteroatoms. The number of alkyl halides is 2. The average Bonchev–Trinajstić information content (AvgIpc) is 2.43. The Morgan fingerprint density at radius 3 is 2.71 bits per heavy atom. The van der Waals surface area contributed by atoms with Gasteiger partial charge in [0.25, 0.3) is 5.92 Å². The number of rotatable bonds is 3. The molecule has 0 aliphatic carbocycles. The SMILES string of the molecule is CC(N)(C#N)CCN1CCC(F)(F)C1. The van der Waals surface area contributed by atoms with Crippen molar-refractivity contribution in [1.82, 2.24) is 4.90 Å². The molecule has 0 amide bonds. The molecule has 1 rings (SSSR count). The van der Waals surface area contributed by atoms with Gasteiger partial charge in [-0.05, 0) is 13.3 Å². The highest BCUT2D eigenvalue weighted by Gasteiger charge is 2.38. The van der Waals surface area contributed by atoms with Gasteiger partial charge in [-0.15, -0.1) is 0 Å². The highest BCUT2D eigenvalue weighted by atomic mass is 19.3. The Labute approximate surface area is 82.5 Å². The Bertz CT molecular complexity index is 245. The van der Waals surface area contributed by atoms with Crippen LogP contribution in [0.2, 0.25) is 0 Å². The van der Waals surface area contributed by atoms with Gasteiger partial charge >= 0.3 is 0 Å². The molecule has 0 spiro atoms. The first-order valence-electron chi connectivity index (χ1n) is 4.65. The van der Waals surface area contributed by atoms with Crippen LogP contribution in [0.4, 0.5) is 8.78 Å². The smallest absolute Gasteiger partial charge is 0.261 e. The fraction of sp³-hybridized carbons (Fsp3) is 0.889. The van der Waals surface area contributed by atoms with Gasteiger partial charge in [0.1, 0.15) is 5.54 Å². The predicted octanol–water partition coefficient (Wildman–Crippen LogP) is 0.958. The zero-order valence-electron chi connectivity index (χ0n) is 8.26. The van der Waals surface area contributed by atoms with Crippen molar-refractivity contribution in [2.75, 3.05) is 19.6 Å². The summed E-state index contributed by atoms with van der Waals surface area (Å²) in [6, 6.07) is 1.95. The van der Waals surface area contributed by atoms with E-state index in [-0.39, 0.29) is 13.0 Å². The first-order chi connectivity index (χ1) is 6.35. The van der Waals surface area contributed by atoms with E-state index in [1.165, 1.54) is 0 Å². The van der Waals surface area contributed by atoms with E-state index in [0.717, 1.165) is 0 Å². The van der Waals surface area contributed by atoms with Crippen LogP contribution in [0.15, 0.2) is 0 Å². The molecule has 2 N–H and O–H groups in total. The van der Waals surface area contributed by atoms with Crippen LogP contribution in [-0.4, -0.2) is 36.0 Å². The minimum absolute atomic E-state index is 0.0825. The monoisotopic (exact) mass is 203 g/mol. The Hall–Kier alpha value is -0.730. The van der Waals surface area contributed by atoms with Crippen LogP contribution in [0.25, 0.3) is 0 Å². The van der Waals surface area contributed by atoms with Crippen molar-refractivity contribution >= 4 is 0 Å². The van der Waals surface area contributed by atoms with Crippen molar-refractivity contribution in [3.05, 3.63) is 0 Å². The van der Waals surface area contributed by atoms with Crippen molar-refractivity contribution in [3.63, 3.8) is 0 Å². The molecular formula is C9H15F2N3. The number of halogens is 2. The van der Waals surface area contributed by atoms with Gasteiger partial charge in [0.2, 0.25) is 0 Å². The van der Waals surface area contributed by atoms with Gasteiger partial charge in [0.05, 0.1) is 12.6 Å². The van der Waals surface area contributed by atoms with E-state index < -0.39 is 11.5 Å². The zero-order valence-corrected chi connectivity index (χ0v) is 8.26. The Morgan fingerprint density at radius 2 is 2.29 bits per heavy atom. The van der Waals surface area contributed by atoms with Crippen LogP contribution in [0.5, 0.6) is 0 Å². The number of nitriles is 1. The predicted molar refractivity (Wildman–Crippen MR) is 48.8 cm³/mol. The highest BCUT2D eigenvalue weighted by molar-refractivity contribution is 5.01. The molecule has 3 nitrogen and oxygen atoms in total. The first kappa shape index (κ1) is 11.3. The van der Waals surface area contributed by atoms with Crippen LogP contribution >= 0.6 is 0 Å². The lowest BCUT2D eigenvalue weighted by molar-refractivity contribution is 0.0118. The third-order valence-electron chi connectivity index (χ3n) is 2.45. The molecule has 14 heavy (non-hydrogen) atoms. The third-order valence-corrected chi connectivity index (χ3v) is 2.45. The largest absolute Gasteiger partial charge is 0.314 e. The molecule has 80 valence electrons. The van der Waals surface area contributed by atoms with E-state index in [1.807, 2.05) is 6.07 Å². The van der Waals surface area contributed by atoms with Gasteiger partial charge in [0, 0.05) is 19.5 Å². The van der Waals surface area contributed by atoms with Crippen LogP contribution in [-0.2, 0) is 0 Å². The van der Waals surface area contributed by atoms with Gasteiger partial charge in [-0.2, -0.15) is 5.26 Å². The Morgan fingerprint density at radius 1 is 1.64 bits per heavy atom. The van der Waals surface area contributed by atoms with E-state index in [2.05, 4.69) is 0 Å². The lowest BCUT2D eigenvalue weighted by atomic mass is 10.0. The molecule has 1 atom stereocenters. The molecule has 0 aromatic rings. The number of likely N-dealkylation sites (tertiary alicyclic amines) is 1. The van der Waals surface area contributed by atoms with E-state index in [1.54, 1.807) is 11.8 Å². The first-order valence-corrected chi connectivity index (χ1v) is 4.65. The summed E-state index contributed by atoms with van der Waals surface area (Å²) in [5, 5.41) is 8.63. The lowest BCUT2D eigenvalue weighted by Gasteiger charge is -2.20. The van der Waals surface area contributed by atoms with Crippen molar-refractivity contribution in [1.29, 1.82) is 5.26 Å². The van der Waals surface area contributed by atoms with Crippen molar-refractivity contribution in [3.8, 4) is 6.07 Å². The molecular weight excluding hydrogens is 188 g/mol. The second-order valence-electron chi connectivity index (χ2n) is 4.16. The molecule has 0 radical (unpaired) electrons. The third kappa shape index (κ3) is 3.20. The average molecular weight is 203 g/mol. The number of hydrogen-bond acceptors (Lipinski definition) is 3. The van der Waals surface area contributed by atoms with Crippen molar-refractivity contribution in [2.45, 2.75) is 31.2 Å². The maximum Gasteiger partial charge on any atom is 0.261 e. The summed E-state index contributed by atoms with van der Waals surface area (Å²) in [4.78, 5) is 1.66. The van der Waals surface area contributed by atoms with Crippen LogP contribution in [0.3, 0.4) is 0 Å². The van der Waals surface area contributed by atoms with Gasteiger partial charge in [-0.3, -0.25) is 4.90 Å².